The zero-order chi connectivity index (χ0) is 12.3. The summed E-state index contributed by atoms with van der Waals surface area (Å²) in [6, 6.07) is 0. The molecule has 0 unspecified atom stereocenters. The molecular formula is C13H23NOS. The van der Waals surface area contributed by atoms with Crippen LogP contribution in [0.5, 0.6) is 0 Å². The SMILES string of the molecule is CSCc1c(C)c(C(C)C)n(CCO)c1C. The Bertz CT molecular complexity index is 355. The minimum atomic E-state index is 0.216. The summed E-state index contributed by atoms with van der Waals surface area (Å²) in [5.41, 5.74) is 5.57. The van der Waals surface area contributed by atoms with Gasteiger partial charge in [0.1, 0.15) is 0 Å². The average molecular weight is 241 g/mol. The number of aliphatic hydroxyl groups is 1. The molecule has 0 aliphatic carbocycles. The normalized spacial score (nSPS) is 11.4. The number of hydrogen-bond acceptors (Lipinski definition) is 2. The van der Waals surface area contributed by atoms with Crippen LogP contribution in [0.1, 0.15) is 42.3 Å². The van der Waals surface area contributed by atoms with Crippen LogP contribution in [0.15, 0.2) is 0 Å². The van der Waals surface area contributed by atoms with E-state index < -0.39 is 0 Å². The summed E-state index contributed by atoms with van der Waals surface area (Å²) < 4.78 is 2.28. The Morgan fingerprint density at radius 1 is 1.31 bits per heavy atom. The van der Waals surface area contributed by atoms with E-state index in [0.717, 1.165) is 5.75 Å². The first kappa shape index (κ1) is 13.7. The molecule has 0 bridgehead atoms. The zero-order valence-corrected chi connectivity index (χ0v) is 11.8. The second kappa shape index (κ2) is 5.78. The molecule has 1 aromatic rings. The van der Waals surface area contributed by atoms with E-state index in [9.17, 15) is 0 Å². The van der Waals surface area contributed by atoms with E-state index in [0.29, 0.717) is 12.5 Å². The van der Waals surface area contributed by atoms with Crippen LogP contribution in [-0.4, -0.2) is 22.5 Å². The predicted octanol–water partition coefficient (Wildman–Crippen LogP) is 3.08. The topological polar surface area (TPSA) is 25.2 Å². The maximum atomic E-state index is 9.15. The summed E-state index contributed by atoms with van der Waals surface area (Å²) in [4.78, 5) is 0. The number of aliphatic hydroxyl groups excluding tert-OH is 1. The van der Waals surface area contributed by atoms with Crippen molar-refractivity contribution in [2.45, 2.75) is 45.9 Å². The zero-order valence-electron chi connectivity index (χ0n) is 11.0. The van der Waals surface area contributed by atoms with Gasteiger partial charge in [-0.05, 0) is 37.1 Å². The lowest BCUT2D eigenvalue weighted by Gasteiger charge is -2.13. The van der Waals surface area contributed by atoms with E-state index in [2.05, 4.69) is 38.5 Å². The second-order valence-electron chi connectivity index (χ2n) is 4.54. The molecule has 3 heteroatoms. The van der Waals surface area contributed by atoms with E-state index in [1.54, 1.807) is 0 Å². The Morgan fingerprint density at radius 3 is 2.38 bits per heavy atom. The van der Waals surface area contributed by atoms with Gasteiger partial charge in [0.15, 0.2) is 0 Å². The minimum Gasteiger partial charge on any atom is -0.395 e. The van der Waals surface area contributed by atoms with E-state index in [4.69, 9.17) is 5.11 Å². The van der Waals surface area contributed by atoms with Crippen LogP contribution in [0, 0.1) is 13.8 Å². The smallest absolute Gasteiger partial charge is 0.0610 e. The third-order valence-corrected chi connectivity index (χ3v) is 3.71. The molecule has 1 rings (SSSR count). The molecule has 0 saturated carbocycles. The van der Waals surface area contributed by atoms with E-state index in [1.807, 2.05) is 11.8 Å². The number of nitrogens with zero attached hydrogens (tertiary/aromatic N) is 1. The fraction of sp³-hybridized carbons (Fsp3) is 0.692. The number of hydrogen-bond donors (Lipinski definition) is 1. The van der Waals surface area contributed by atoms with Crippen LogP contribution in [0.4, 0.5) is 0 Å². The minimum absolute atomic E-state index is 0.216. The monoisotopic (exact) mass is 241 g/mol. The molecule has 0 saturated heterocycles. The lowest BCUT2D eigenvalue weighted by Crippen LogP contribution is -2.09. The van der Waals surface area contributed by atoms with E-state index in [-0.39, 0.29) is 6.61 Å². The van der Waals surface area contributed by atoms with Gasteiger partial charge in [-0.25, -0.2) is 0 Å². The molecule has 0 fully saturated rings. The average Bonchev–Trinajstić information content (AvgIpc) is 2.44. The quantitative estimate of drug-likeness (QED) is 0.857. The summed E-state index contributed by atoms with van der Waals surface area (Å²) in [5, 5.41) is 9.15. The van der Waals surface area contributed by atoms with Gasteiger partial charge in [-0.15, -0.1) is 0 Å². The van der Waals surface area contributed by atoms with Crippen molar-refractivity contribution in [1.29, 1.82) is 0 Å². The van der Waals surface area contributed by atoms with Gasteiger partial charge in [0.25, 0.3) is 0 Å². The maximum absolute atomic E-state index is 9.15. The molecule has 0 aliphatic heterocycles. The van der Waals surface area contributed by atoms with Gasteiger partial charge in [0, 0.05) is 23.7 Å². The van der Waals surface area contributed by atoms with Gasteiger partial charge in [0.05, 0.1) is 6.61 Å². The Hall–Kier alpha value is -0.410. The molecule has 0 aliphatic rings. The Morgan fingerprint density at radius 2 is 1.94 bits per heavy atom. The van der Waals surface area contributed by atoms with Crippen LogP contribution in [0.3, 0.4) is 0 Å². The molecule has 1 N–H and O–H groups in total. The third kappa shape index (κ3) is 2.46. The Labute approximate surface area is 103 Å². The number of thioether (sulfide) groups is 1. The summed E-state index contributed by atoms with van der Waals surface area (Å²) in [7, 11) is 0. The van der Waals surface area contributed by atoms with Gasteiger partial charge < -0.3 is 9.67 Å². The highest BCUT2D eigenvalue weighted by Crippen LogP contribution is 2.30. The van der Waals surface area contributed by atoms with Crippen molar-refractivity contribution in [3.8, 4) is 0 Å². The van der Waals surface area contributed by atoms with Crippen molar-refractivity contribution in [1.82, 2.24) is 4.57 Å². The lowest BCUT2D eigenvalue weighted by molar-refractivity contribution is 0.273. The molecule has 92 valence electrons. The van der Waals surface area contributed by atoms with Gasteiger partial charge in [0.2, 0.25) is 0 Å². The van der Waals surface area contributed by atoms with Crippen LogP contribution in [0.25, 0.3) is 0 Å². The standard InChI is InChI=1S/C13H23NOS/c1-9(2)13-10(3)12(8-16-5)11(4)14(13)6-7-15/h9,15H,6-8H2,1-5H3. The first-order valence-electron chi connectivity index (χ1n) is 5.82. The molecule has 1 aromatic heterocycles. The molecule has 16 heavy (non-hydrogen) atoms. The van der Waals surface area contributed by atoms with Crippen molar-refractivity contribution in [3.05, 3.63) is 22.5 Å². The number of aromatic nitrogens is 1. The van der Waals surface area contributed by atoms with Crippen molar-refractivity contribution in [2.24, 2.45) is 0 Å². The summed E-state index contributed by atoms with van der Waals surface area (Å²) in [5.74, 6) is 1.58. The van der Waals surface area contributed by atoms with Gasteiger partial charge >= 0.3 is 0 Å². The highest BCUT2D eigenvalue weighted by molar-refractivity contribution is 7.97. The van der Waals surface area contributed by atoms with Crippen molar-refractivity contribution in [2.75, 3.05) is 12.9 Å². The Balaban J connectivity index is 3.28. The van der Waals surface area contributed by atoms with Gasteiger partial charge in [-0.1, -0.05) is 13.8 Å². The van der Waals surface area contributed by atoms with Crippen molar-refractivity contribution < 1.29 is 5.11 Å². The number of rotatable bonds is 5. The first-order chi connectivity index (χ1) is 7.54. The predicted molar refractivity (Wildman–Crippen MR) is 72.3 cm³/mol. The van der Waals surface area contributed by atoms with E-state index >= 15 is 0 Å². The molecule has 0 radical (unpaired) electrons. The summed E-state index contributed by atoms with van der Waals surface area (Å²) in [6.45, 7) is 9.75. The fourth-order valence-electron chi connectivity index (χ4n) is 2.46. The molecule has 0 aromatic carbocycles. The van der Waals surface area contributed by atoms with Crippen LogP contribution >= 0.6 is 11.8 Å². The Kier molecular flexibility index (Phi) is 4.93. The molecule has 1 heterocycles. The second-order valence-corrected chi connectivity index (χ2v) is 5.40. The van der Waals surface area contributed by atoms with Gasteiger partial charge in [-0.2, -0.15) is 11.8 Å². The molecule has 2 nitrogen and oxygen atoms in total. The first-order valence-corrected chi connectivity index (χ1v) is 7.22. The summed E-state index contributed by atoms with van der Waals surface area (Å²) >= 11 is 1.86. The molecule has 0 atom stereocenters. The van der Waals surface area contributed by atoms with E-state index in [1.165, 1.54) is 22.5 Å². The highest BCUT2D eigenvalue weighted by Gasteiger charge is 2.18. The third-order valence-electron chi connectivity index (χ3n) is 3.13. The molecule has 0 spiro atoms. The van der Waals surface area contributed by atoms with Crippen LogP contribution in [0.2, 0.25) is 0 Å². The van der Waals surface area contributed by atoms with Crippen LogP contribution < -0.4 is 0 Å². The highest BCUT2D eigenvalue weighted by atomic mass is 32.2. The van der Waals surface area contributed by atoms with Gasteiger partial charge in [-0.3, -0.25) is 0 Å². The fourth-order valence-corrected chi connectivity index (χ4v) is 3.18. The molecule has 0 amide bonds. The maximum Gasteiger partial charge on any atom is 0.0610 e. The summed E-state index contributed by atoms with van der Waals surface area (Å²) in [6.07, 6.45) is 2.14. The van der Waals surface area contributed by atoms with Crippen molar-refractivity contribution in [3.63, 3.8) is 0 Å². The van der Waals surface area contributed by atoms with Crippen LogP contribution in [-0.2, 0) is 12.3 Å². The molecular weight excluding hydrogens is 218 g/mol. The lowest BCUT2D eigenvalue weighted by atomic mass is 10.0. The largest absolute Gasteiger partial charge is 0.395 e. The van der Waals surface area contributed by atoms with Crippen molar-refractivity contribution >= 4 is 11.8 Å².